The normalized spacial score (nSPS) is 12.0. The van der Waals surface area contributed by atoms with Gasteiger partial charge in [0.15, 0.2) is 0 Å². The Balaban J connectivity index is 4.77. The van der Waals surface area contributed by atoms with Gasteiger partial charge in [0.25, 0.3) is 0 Å². The number of rotatable bonds is 32. The number of likely N-dealkylation sites (N-methyl/N-ethyl adjacent to an activating group) is 3. The van der Waals surface area contributed by atoms with Crippen LogP contribution in [0.1, 0.15) is 96.8 Å². The van der Waals surface area contributed by atoms with Gasteiger partial charge in [0.1, 0.15) is 0 Å². The number of hydrogen-bond acceptors (Lipinski definition) is 6. The second-order valence-corrected chi connectivity index (χ2v) is 15.8. The molecule has 0 bridgehead atoms. The summed E-state index contributed by atoms with van der Waals surface area (Å²) >= 11 is 0. The standard InChI is InChI=1S/C37H76N8O4/c1-9-10-11-12-13-14-15-16-17-18-19-20-21-22-23-39-35(47)31-43(33-37(49)41-25-29-45(6,7)8)27-26-42(30-34(46)38-2)32-36(48)40-24-28-44(3,4)5/h9-33H2,1-8H3,(H2-2,38,39,40,41,46,47,48,49)/p+2. The van der Waals surface area contributed by atoms with Crippen LogP contribution in [0.25, 0.3) is 0 Å². The van der Waals surface area contributed by atoms with E-state index in [1.807, 2.05) is 0 Å². The lowest BCUT2D eigenvalue weighted by Crippen LogP contribution is -2.50. The van der Waals surface area contributed by atoms with Gasteiger partial charge in [-0.25, -0.2) is 0 Å². The van der Waals surface area contributed by atoms with Crippen molar-refractivity contribution in [2.75, 3.05) is 121 Å². The van der Waals surface area contributed by atoms with Crippen LogP contribution in [-0.2, 0) is 19.2 Å². The molecule has 4 N–H and O–H groups in total. The molecular weight excluding hydrogens is 620 g/mol. The lowest BCUT2D eigenvalue weighted by Gasteiger charge is -2.27. The first kappa shape index (κ1) is 46.7. The first-order valence-corrected chi connectivity index (χ1v) is 19.2. The smallest absolute Gasteiger partial charge is 0.234 e. The molecule has 0 fully saturated rings. The molecule has 0 saturated heterocycles. The highest BCUT2D eigenvalue weighted by atomic mass is 16.2. The Morgan fingerprint density at radius 3 is 1.08 bits per heavy atom. The average molecular weight is 699 g/mol. The Morgan fingerprint density at radius 2 is 0.755 bits per heavy atom. The van der Waals surface area contributed by atoms with E-state index < -0.39 is 0 Å². The van der Waals surface area contributed by atoms with Crippen molar-refractivity contribution in [1.82, 2.24) is 31.1 Å². The molecule has 4 amide bonds. The zero-order chi connectivity index (χ0) is 37.0. The van der Waals surface area contributed by atoms with Crippen LogP contribution in [-0.4, -0.2) is 164 Å². The topological polar surface area (TPSA) is 123 Å². The third-order valence-electron chi connectivity index (χ3n) is 8.54. The zero-order valence-corrected chi connectivity index (χ0v) is 33.1. The highest BCUT2D eigenvalue weighted by Gasteiger charge is 2.20. The van der Waals surface area contributed by atoms with Gasteiger partial charge < -0.3 is 30.2 Å². The summed E-state index contributed by atoms with van der Waals surface area (Å²) in [7, 11) is 14.0. The molecule has 0 atom stereocenters. The maximum absolute atomic E-state index is 12.9. The molecule has 288 valence electrons. The van der Waals surface area contributed by atoms with Crippen LogP contribution in [0.3, 0.4) is 0 Å². The minimum Gasteiger partial charge on any atom is -0.358 e. The van der Waals surface area contributed by atoms with Crippen LogP contribution in [0.4, 0.5) is 0 Å². The molecular formula is C37H78N8O4+2. The molecule has 0 saturated carbocycles. The van der Waals surface area contributed by atoms with E-state index in [2.05, 4.69) is 70.5 Å². The van der Waals surface area contributed by atoms with E-state index >= 15 is 0 Å². The zero-order valence-electron chi connectivity index (χ0n) is 33.1. The number of amides is 4. The van der Waals surface area contributed by atoms with E-state index in [-0.39, 0.29) is 49.8 Å². The molecule has 0 aromatic carbocycles. The molecule has 0 unspecified atom stereocenters. The first-order valence-electron chi connectivity index (χ1n) is 19.2. The summed E-state index contributed by atoms with van der Waals surface area (Å²) in [5, 5.41) is 11.6. The molecule has 49 heavy (non-hydrogen) atoms. The number of quaternary nitrogens is 2. The number of unbranched alkanes of at least 4 members (excludes halogenated alkanes) is 13. The Morgan fingerprint density at radius 1 is 0.449 bits per heavy atom. The minimum atomic E-state index is -0.199. The van der Waals surface area contributed by atoms with Crippen LogP contribution in [0.5, 0.6) is 0 Å². The first-order chi connectivity index (χ1) is 23.1. The fraction of sp³-hybridized carbons (Fsp3) is 0.892. The van der Waals surface area contributed by atoms with Gasteiger partial charge in [-0.05, 0) is 6.42 Å². The van der Waals surface area contributed by atoms with E-state index in [1.54, 1.807) is 16.8 Å². The van der Waals surface area contributed by atoms with Gasteiger partial charge in [0, 0.05) is 26.7 Å². The molecule has 0 aliphatic rings. The lowest BCUT2D eigenvalue weighted by molar-refractivity contribution is -0.869. The average Bonchev–Trinajstić information content (AvgIpc) is 3.00. The van der Waals surface area contributed by atoms with Gasteiger partial charge in [-0.3, -0.25) is 29.0 Å². The van der Waals surface area contributed by atoms with Crippen LogP contribution in [0.2, 0.25) is 0 Å². The van der Waals surface area contributed by atoms with Crippen LogP contribution >= 0.6 is 0 Å². The third kappa shape index (κ3) is 32.7. The van der Waals surface area contributed by atoms with Crippen molar-refractivity contribution < 1.29 is 28.1 Å². The van der Waals surface area contributed by atoms with E-state index in [9.17, 15) is 19.2 Å². The number of nitrogens with one attached hydrogen (secondary N) is 4. The molecule has 0 rings (SSSR count). The van der Waals surface area contributed by atoms with E-state index in [4.69, 9.17) is 0 Å². The highest BCUT2D eigenvalue weighted by molar-refractivity contribution is 5.82. The van der Waals surface area contributed by atoms with Crippen LogP contribution in [0.15, 0.2) is 0 Å². The summed E-state index contributed by atoms with van der Waals surface area (Å²) < 4.78 is 1.46. The number of nitrogens with zero attached hydrogens (tertiary/aromatic N) is 4. The number of carbonyl (C=O) groups excluding carboxylic acids is 4. The summed E-state index contributed by atoms with van der Waals surface area (Å²) in [4.78, 5) is 54.3. The number of hydrogen-bond donors (Lipinski definition) is 4. The van der Waals surface area contributed by atoms with Crippen molar-refractivity contribution in [1.29, 1.82) is 0 Å². The Bertz CT molecular complexity index is 889. The fourth-order valence-corrected chi connectivity index (χ4v) is 5.38. The van der Waals surface area contributed by atoms with Gasteiger partial charge >= 0.3 is 0 Å². The van der Waals surface area contributed by atoms with Gasteiger partial charge in [-0.2, -0.15) is 0 Å². The van der Waals surface area contributed by atoms with Crippen molar-refractivity contribution in [3.8, 4) is 0 Å². The summed E-state index contributed by atoms with van der Waals surface area (Å²) in [6.07, 6.45) is 18.1. The summed E-state index contributed by atoms with van der Waals surface area (Å²) in [5.74, 6) is -0.628. The largest absolute Gasteiger partial charge is 0.358 e. The molecule has 0 heterocycles. The van der Waals surface area contributed by atoms with Crippen molar-refractivity contribution in [2.24, 2.45) is 0 Å². The maximum Gasteiger partial charge on any atom is 0.234 e. The van der Waals surface area contributed by atoms with Crippen LogP contribution < -0.4 is 21.3 Å². The molecule has 0 spiro atoms. The summed E-state index contributed by atoms with van der Waals surface area (Å²) in [6.45, 7) is 6.49. The minimum absolute atomic E-state index is 0.0497. The van der Waals surface area contributed by atoms with Crippen molar-refractivity contribution >= 4 is 23.6 Å². The van der Waals surface area contributed by atoms with Crippen molar-refractivity contribution in [3.63, 3.8) is 0 Å². The Hall–Kier alpha value is -2.28. The SMILES string of the molecule is CCCCCCCCCCCCCCCCNC(=O)CN(CCN(CC(=O)NC)CC(=O)NCC[N+](C)(C)C)CC(=O)NCC[N+](C)(C)C. The lowest BCUT2D eigenvalue weighted by atomic mass is 10.0. The summed E-state index contributed by atoms with van der Waals surface area (Å²) in [5.41, 5.74) is 0. The van der Waals surface area contributed by atoms with Gasteiger partial charge in [-0.1, -0.05) is 90.4 Å². The summed E-state index contributed by atoms with van der Waals surface area (Å²) in [6, 6.07) is 0. The predicted molar refractivity (Wildman–Crippen MR) is 202 cm³/mol. The van der Waals surface area contributed by atoms with E-state index in [0.717, 1.165) is 34.9 Å². The quantitative estimate of drug-likeness (QED) is 0.0634. The Kier molecular flexibility index (Phi) is 27.1. The van der Waals surface area contributed by atoms with Crippen molar-refractivity contribution in [2.45, 2.75) is 96.8 Å². The molecule has 0 aromatic heterocycles. The Labute approximate surface area is 300 Å². The molecule has 0 aliphatic heterocycles. The maximum atomic E-state index is 12.9. The van der Waals surface area contributed by atoms with E-state index in [1.165, 1.54) is 77.0 Å². The van der Waals surface area contributed by atoms with Crippen LogP contribution in [0, 0.1) is 0 Å². The van der Waals surface area contributed by atoms with Gasteiger partial charge in [-0.15, -0.1) is 0 Å². The molecule has 0 radical (unpaired) electrons. The van der Waals surface area contributed by atoms with Gasteiger partial charge in [0.05, 0.1) is 94.6 Å². The predicted octanol–water partition coefficient (Wildman–Crippen LogP) is 2.58. The molecule has 12 nitrogen and oxygen atoms in total. The number of carbonyl (C=O) groups is 4. The monoisotopic (exact) mass is 699 g/mol. The third-order valence-corrected chi connectivity index (χ3v) is 8.54. The van der Waals surface area contributed by atoms with Gasteiger partial charge in [0.2, 0.25) is 23.6 Å². The second-order valence-electron chi connectivity index (χ2n) is 15.8. The highest BCUT2D eigenvalue weighted by Crippen LogP contribution is 2.12. The second kappa shape index (κ2) is 28.4. The van der Waals surface area contributed by atoms with E-state index in [0.29, 0.717) is 32.7 Å². The molecule has 0 aromatic rings. The van der Waals surface area contributed by atoms with Crippen molar-refractivity contribution in [3.05, 3.63) is 0 Å². The molecule has 12 heteroatoms. The fourth-order valence-electron chi connectivity index (χ4n) is 5.38. The molecule has 0 aliphatic carbocycles.